The van der Waals surface area contributed by atoms with E-state index in [0.29, 0.717) is 44.8 Å². The van der Waals surface area contributed by atoms with Gasteiger partial charge in [-0.25, -0.2) is 4.79 Å². The molecule has 2 saturated heterocycles. The summed E-state index contributed by atoms with van der Waals surface area (Å²) in [4.78, 5) is 28.6. The van der Waals surface area contributed by atoms with Gasteiger partial charge in [0.05, 0.1) is 24.2 Å². The number of amides is 1. The minimum Gasteiger partial charge on any atom is -0.462 e. The molecule has 1 unspecified atom stereocenters. The highest BCUT2D eigenvalue weighted by atomic mass is 16.6. The first-order chi connectivity index (χ1) is 18.1. The van der Waals surface area contributed by atoms with E-state index in [2.05, 4.69) is 28.2 Å². The second-order valence-corrected chi connectivity index (χ2v) is 9.97. The lowest BCUT2D eigenvalue weighted by Crippen LogP contribution is -2.55. The van der Waals surface area contributed by atoms with Crippen LogP contribution in [0, 0.1) is 11.3 Å². The number of fused-ring (bicyclic) bond motifs is 1. The van der Waals surface area contributed by atoms with E-state index in [9.17, 15) is 10.1 Å². The first kappa shape index (κ1) is 25.2. The van der Waals surface area contributed by atoms with Crippen molar-refractivity contribution in [3.8, 4) is 12.1 Å². The van der Waals surface area contributed by atoms with Crippen LogP contribution in [0.15, 0.2) is 30.3 Å². The topological polar surface area (TPSA) is 107 Å². The molecule has 0 spiro atoms. The van der Waals surface area contributed by atoms with Crippen LogP contribution >= 0.6 is 0 Å². The Morgan fingerprint density at radius 1 is 1.19 bits per heavy atom. The Bertz CT molecular complexity index is 1120. The molecule has 0 saturated carbocycles. The van der Waals surface area contributed by atoms with Crippen LogP contribution in [0.3, 0.4) is 0 Å². The number of benzene rings is 1. The molecule has 37 heavy (non-hydrogen) atoms. The molecule has 4 heterocycles. The van der Waals surface area contributed by atoms with E-state index in [1.54, 1.807) is 4.90 Å². The van der Waals surface area contributed by atoms with E-state index in [1.807, 2.05) is 30.3 Å². The SMILES string of the molecule is CN1CCC[C@H]1COc1nc2c(c(N3CCN(C(=O)OCc4ccccc4)CC3CC#N)n1)CCNC2. The van der Waals surface area contributed by atoms with Crippen molar-refractivity contribution in [2.75, 3.05) is 51.3 Å². The number of piperazine rings is 1. The molecule has 3 aliphatic rings. The largest absolute Gasteiger partial charge is 0.462 e. The monoisotopic (exact) mass is 505 g/mol. The molecule has 0 radical (unpaired) electrons. The first-order valence-electron chi connectivity index (χ1n) is 13.1. The standard InChI is InChI=1S/C27H35N7O3/c1-32-13-5-8-22(32)19-36-26-30-24-16-29-12-10-23(24)25(31-26)34-15-14-33(17-21(34)9-11-28)27(35)37-18-20-6-3-2-4-7-20/h2-4,6-7,21-22,29H,5,8-10,12-19H2,1H3/t21?,22-/m0/s1. The summed E-state index contributed by atoms with van der Waals surface area (Å²) >= 11 is 0. The van der Waals surface area contributed by atoms with Crippen LogP contribution in [-0.2, 0) is 24.3 Å². The zero-order chi connectivity index (χ0) is 25.6. The molecule has 1 aromatic carbocycles. The number of carbonyl (C=O) groups is 1. The van der Waals surface area contributed by atoms with Crippen molar-refractivity contribution in [3.63, 3.8) is 0 Å². The Kier molecular flexibility index (Phi) is 8.02. The number of ether oxygens (including phenoxy) is 2. The molecule has 196 valence electrons. The normalized spacial score (nSPS) is 21.8. The zero-order valence-corrected chi connectivity index (χ0v) is 21.4. The van der Waals surface area contributed by atoms with Gasteiger partial charge in [-0.1, -0.05) is 30.3 Å². The highest BCUT2D eigenvalue weighted by Crippen LogP contribution is 2.30. The number of rotatable bonds is 7. The van der Waals surface area contributed by atoms with Crippen LogP contribution in [0.2, 0.25) is 0 Å². The number of anilines is 1. The molecule has 5 rings (SSSR count). The number of nitrogens with one attached hydrogen (secondary N) is 1. The fourth-order valence-corrected chi connectivity index (χ4v) is 5.37. The lowest BCUT2D eigenvalue weighted by atomic mass is 10.0. The molecule has 0 aliphatic carbocycles. The molecule has 1 aromatic heterocycles. The van der Waals surface area contributed by atoms with E-state index in [0.717, 1.165) is 48.6 Å². The molecular formula is C27H35N7O3. The van der Waals surface area contributed by atoms with Gasteiger partial charge in [-0.2, -0.15) is 15.2 Å². The minimum atomic E-state index is -0.356. The van der Waals surface area contributed by atoms with Gasteiger partial charge in [0, 0.05) is 37.8 Å². The number of likely N-dealkylation sites (tertiary alicyclic amines) is 1. The third-order valence-electron chi connectivity index (χ3n) is 7.52. The van der Waals surface area contributed by atoms with Gasteiger partial charge >= 0.3 is 12.1 Å². The van der Waals surface area contributed by atoms with Gasteiger partial charge in [-0.05, 0) is 45.0 Å². The van der Waals surface area contributed by atoms with Gasteiger partial charge in [-0.15, -0.1) is 0 Å². The van der Waals surface area contributed by atoms with Crippen LogP contribution in [0.5, 0.6) is 6.01 Å². The maximum atomic E-state index is 12.8. The Balaban J connectivity index is 1.31. The number of hydrogen-bond donors (Lipinski definition) is 1. The highest BCUT2D eigenvalue weighted by molar-refractivity contribution is 5.68. The molecule has 0 bridgehead atoms. The molecule has 2 aromatic rings. The highest BCUT2D eigenvalue weighted by Gasteiger charge is 2.34. The van der Waals surface area contributed by atoms with Crippen molar-refractivity contribution in [2.24, 2.45) is 0 Å². The average Bonchev–Trinajstić information content (AvgIpc) is 3.35. The van der Waals surface area contributed by atoms with Gasteiger partial charge in [-0.3, -0.25) is 0 Å². The summed E-state index contributed by atoms with van der Waals surface area (Å²) in [5.74, 6) is 0.832. The van der Waals surface area contributed by atoms with Crippen molar-refractivity contribution >= 4 is 11.9 Å². The Morgan fingerprint density at radius 2 is 2.05 bits per heavy atom. The maximum Gasteiger partial charge on any atom is 0.410 e. The third-order valence-corrected chi connectivity index (χ3v) is 7.52. The summed E-state index contributed by atoms with van der Waals surface area (Å²) in [5.41, 5.74) is 3.00. The molecule has 10 nitrogen and oxygen atoms in total. The average molecular weight is 506 g/mol. The summed E-state index contributed by atoms with van der Waals surface area (Å²) in [5, 5.41) is 13.0. The molecular weight excluding hydrogens is 470 g/mol. The van der Waals surface area contributed by atoms with Crippen LogP contribution < -0.4 is 15.0 Å². The third kappa shape index (κ3) is 5.95. The van der Waals surface area contributed by atoms with Gasteiger partial charge in [0.2, 0.25) is 0 Å². The summed E-state index contributed by atoms with van der Waals surface area (Å²) in [7, 11) is 2.13. The predicted octanol–water partition coefficient (Wildman–Crippen LogP) is 2.34. The molecule has 1 amide bonds. The number of hydrogen-bond acceptors (Lipinski definition) is 9. The molecule has 2 atom stereocenters. The van der Waals surface area contributed by atoms with Crippen molar-refractivity contribution < 1.29 is 14.3 Å². The summed E-state index contributed by atoms with van der Waals surface area (Å²) in [6.45, 7) is 4.86. The summed E-state index contributed by atoms with van der Waals surface area (Å²) < 4.78 is 11.7. The van der Waals surface area contributed by atoms with Crippen molar-refractivity contribution in [1.82, 2.24) is 25.1 Å². The zero-order valence-electron chi connectivity index (χ0n) is 21.4. The van der Waals surface area contributed by atoms with E-state index in [4.69, 9.17) is 19.4 Å². The second-order valence-electron chi connectivity index (χ2n) is 9.97. The van der Waals surface area contributed by atoms with E-state index in [1.165, 1.54) is 6.42 Å². The quantitative estimate of drug-likeness (QED) is 0.607. The minimum absolute atomic E-state index is 0.189. The predicted molar refractivity (Wildman–Crippen MR) is 138 cm³/mol. The van der Waals surface area contributed by atoms with E-state index in [-0.39, 0.29) is 25.2 Å². The Morgan fingerprint density at radius 3 is 2.84 bits per heavy atom. The fourth-order valence-electron chi connectivity index (χ4n) is 5.37. The first-order valence-corrected chi connectivity index (χ1v) is 13.1. The number of carbonyl (C=O) groups excluding carboxylic acids is 1. The Hall–Kier alpha value is -3.42. The number of likely N-dealkylation sites (N-methyl/N-ethyl adjacent to an activating group) is 1. The van der Waals surface area contributed by atoms with Crippen molar-refractivity contribution in [1.29, 1.82) is 5.26 Å². The number of nitriles is 1. The Labute approximate surface area is 218 Å². The van der Waals surface area contributed by atoms with Crippen LogP contribution in [0.25, 0.3) is 0 Å². The smallest absolute Gasteiger partial charge is 0.410 e. The van der Waals surface area contributed by atoms with Crippen molar-refractivity contribution in [3.05, 3.63) is 47.2 Å². The van der Waals surface area contributed by atoms with Gasteiger partial charge < -0.3 is 29.5 Å². The van der Waals surface area contributed by atoms with Crippen molar-refractivity contribution in [2.45, 2.75) is 50.9 Å². The molecule has 3 aliphatic heterocycles. The van der Waals surface area contributed by atoms with Crippen LogP contribution in [-0.4, -0.2) is 84.3 Å². The van der Waals surface area contributed by atoms with Gasteiger partial charge in [0.1, 0.15) is 19.0 Å². The lowest BCUT2D eigenvalue weighted by molar-refractivity contribution is 0.0889. The van der Waals surface area contributed by atoms with E-state index >= 15 is 0 Å². The molecule has 2 fully saturated rings. The van der Waals surface area contributed by atoms with E-state index < -0.39 is 0 Å². The van der Waals surface area contributed by atoms with Crippen LogP contribution in [0.1, 0.15) is 36.1 Å². The second kappa shape index (κ2) is 11.8. The number of aromatic nitrogens is 2. The van der Waals surface area contributed by atoms with Gasteiger partial charge in [0.15, 0.2) is 0 Å². The lowest BCUT2D eigenvalue weighted by Gasteiger charge is -2.42. The number of nitrogens with zero attached hydrogens (tertiary/aromatic N) is 6. The molecule has 1 N–H and O–H groups in total. The summed E-state index contributed by atoms with van der Waals surface area (Å²) in [6, 6.07) is 12.5. The molecule has 10 heteroatoms. The summed E-state index contributed by atoms with van der Waals surface area (Å²) in [6.07, 6.45) is 3.03. The van der Waals surface area contributed by atoms with Crippen LogP contribution in [0.4, 0.5) is 10.6 Å². The fraction of sp³-hybridized carbons (Fsp3) is 0.556. The maximum absolute atomic E-state index is 12.8. The van der Waals surface area contributed by atoms with Gasteiger partial charge in [0.25, 0.3) is 0 Å².